The summed E-state index contributed by atoms with van der Waals surface area (Å²) in [7, 11) is -0.462. The molecule has 0 aliphatic heterocycles. The molecule has 1 aromatic rings. The number of benzene rings is 1. The summed E-state index contributed by atoms with van der Waals surface area (Å²) in [6.45, 7) is 4.65. The van der Waals surface area contributed by atoms with E-state index in [0.717, 1.165) is 0 Å². The lowest BCUT2D eigenvalue weighted by molar-refractivity contribution is 0.614. The zero-order chi connectivity index (χ0) is 20.8. The molecule has 1 aromatic carbocycles. The summed E-state index contributed by atoms with van der Waals surface area (Å²) >= 11 is 0. The largest absolute Gasteiger partial charge is 0.0654 e. The second kappa shape index (κ2) is 20.7. The maximum absolute atomic E-state index is 2.32. The van der Waals surface area contributed by atoms with E-state index in [0.29, 0.717) is 0 Å². The second-order valence-corrected chi connectivity index (χ2v) is 12.9. The van der Waals surface area contributed by atoms with Gasteiger partial charge in [0, 0.05) is 8.80 Å². The van der Waals surface area contributed by atoms with Gasteiger partial charge < -0.3 is 0 Å². The van der Waals surface area contributed by atoms with E-state index in [1.165, 1.54) is 102 Å². The standard InChI is InChI=1S/C28H52Si/c1-3-5-7-9-12-19-25-29(26-20-13-10-8-6-4-2)27-21-14-11-16-22-28-23-17-15-18-24-28/h15,17-18,23-24,29H,3-14,16,19-22,25-27H2,1-2H3. The lowest BCUT2D eigenvalue weighted by Gasteiger charge is -2.15. The van der Waals surface area contributed by atoms with E-state index in [1.807, 2.05) is 0 Å². The van der Waals surface area contributed by atoms with Gasteiger partial charge in [0.05, 0.1) is 0 Å². The fourth-order valence-electron chi connectivity index (χ4n) is 4.62. The number of hydrogen-bond donors (Lipinski definition) is 0. The van der Waals surface area contributed by atoms with Crippen LogP contribution in [0.2, 0.25) is 18.1 Å². The first-order chi connectivity index (χ1) is 14.4. The lowest BCUT2D eigenvalue weighted by Crippen LogP contribution is -2.12. The van der Waals surface area contributed by atoms with E-state index < -0.39 is 8.80 Å². The Hall–Kier alpha value is -0.563. The van der Waals surface area contributed by atoms with Gasteiger partial charge in [-0.05, 0) is 18.4 Å². The first-order valence-electron chi connectivity index (χ1n) is 13.4. The van der Waals surface area contributed by atoms with E-state index >= 15 is 0 Å². The van der Waals surface area contributed by atoms with Gasteiger partial charge in [-0.15, -0.1) is 0 Å². The van der Waals surface area contributed by atoms with Gasteiger partial charge in [-0.3, -0.25) is 0 Å². The highest BCUT2D eigenvalue weighted by Gasteiger charge is 2.10. The summed E-state index contributed by atoms with van der Waals surface area (Å²) in [4.78, 5) is 0. The summed E-state index contributed by atoms with van der Waals surface area (Å²) in [5, 5.41) is 0. The molecule has 0 saturated heterocycles. The van der Waals surface area contributed by atoms with E-state index in [4.69, 9.17) is 0 Å². The average Bonchev–Trinajstić information content (AvgIpc) is 2.75. The number of aryl methyl sites for hydroxylation is 1. The smallest absolute Gasteiger partial charge is 0.0367 e. The van der Waals surface area contributed by atoms with Gasteiger partial charge in [-0.25, -0.2) is 0 Å². The molecule has 0 aliphatic carbocycles. The van der Waals surface area contributed by atoms with Crippen molar-refractivity contribution in [3.63, 3.8) is 0 Å². The number of hydrogen-bond acceptors (Lipinski definition) is 0. The fourth-order valence-corrected chi connectivity index (χ4v) is 8.08. The van der Waals surface area contributed by atoms with E-state index in [-0.39, 0.29) is 0 Å². The van der Waals surface area contributed by atoms with Crippen LogP contribution in [0.5, 0.6) is 0 Å². The lowest BCUT2D eigenvalue weighted by atomic mass is 10.1. The zero-order valence-electron chi connectivity index (χ0n) is 20.1. The molecule has 0 nitrogen and oxygen atoms in total. The molecule has 0 radical (unpaired) electrons. The maximum atomic E-state index is 2.32. The molecule has 0 aliphatic rings. The minimum atomic E-state index is -0.462. The molecule has 0 bridgehead atoms. The Morgan fingerprint density at radius 2 is 0.897 bits per heavy atom. The van der Waals surface area contributed by atoms with Crippen LogP contribution in [0, 0.1) is 0 Å². The predicted octanol–water partition coefficient (Wildman–Crippen LogP) is 9.74. The van der Waals surface area contributed by atoms with Crippen molar-refractivity contribution < 1.29 is 0 Å². The first kappa shape index (κ1) is 26.5. The average molecular weight is 417 g/mol. The van der Waals surface area contributed by atoms with Crippen molar-refractivity contribution in [2.24, 2.45) is 0 Å². The second-order valence-electron chi connectivity index (χ2n) is 9.42. The van der Waals surface area contributed by atoms with Gasteiger partial charge in [-0.1, -0.05) is 159 Å². The van der Waals surface area contributed by atoms with Crippen LogP contribution in [-0.2, 0) is 6.42 Å². The van der Waals surface area contributed by atoms with Crippen molar-refractivity contribution in [3.8, 4) is 0 Å². The van der Waals surface area contributed by atoms with Crippen LogP contribution in [0.25, 0.3) is 0 Å². The normalized spacial score (nSPS) is 11.4. The predicted molar refractivity (Wildman–Crippen MR) is 137 cm³/mol. The molecule has 1 rings (SSSR count). The molecule has 0 saturated carbocycles. The summed E-state index contributed by atoms with van der Waals surface area (Å²) in [6.07, 6.45) is 24.8. The van der Waals surface area contributed by atoms with Gasteiger partial charge in [-0.2, -0.15) is 0 Å². The molecule has 29 heavy (non-hydrogen) atoms. The minimum Gasteiger partial charge on any atom is -0.0654 e. The van der Waals surface area contributed by atoms with E-state index in [1.54, 1.807) is 31.0 Å². The zero-order valence-corrected chi connectivity index (χ0v) is 21.3. The molecule has 0 heterocycles. The Balaban J connectivity index is 2.12. The van der Waals surface area contributed by atoms with Crippen molar-refractivity contribution in [3.05, 3.63) is 35.9 Å². The van der Waals surface area contributed by atoms with E-state index in [9.17, 15) is 0 Å². The maximum Gasteiger partial charge on any atom is 0.0367 e. The molecular formula is C28H52Si. The molecule has 0 amide bonds. The van der Waals surface area contributed by atoms with Crippen LogP contribution in [0.4, 0.5) is 0 Å². The molecular weight excluding hydrogens is 364 g/mol. The summed E-state index contributed by atoms with van der Waals surface area (Å²) in [5.41, 5.74) is 1.52. The highest BCUT2D eigenvalue weighted by atomic mass is 28.3. The van der Waals surface area contributed by atoms with Gasteiger partial charge >= 0.3 is 0 Å². The van der Waals surface area contributed by atoms with Gasteiger partial charge in [0.2, 0.25) is 0 Å². The van der Waals surface area contributed by atoms with Crippen molar-refractivity contribution in [1.82, 2.24) is 0 Å². The molecule has 168 valence electrons. The molecule has 1 heteroatoms. The highest BCUT2D eigenvalue weighted by Crippen LogP contribution is 2.20. The topological polar surface area (TPSA) is 0 Å². The number of rotatable bonds is 21. The SMILES string of the molecule is CCCCCCCC[SiH](CCCCCCCC)CCCCCCc1ccccc1. The van der Waals surface area contributed by atoms with E-state index in [2.05, 4.69) is 44.2 Å². The Morgan fingerprint density at radius 1 is 0.483 bits per heavy atom. The third-order valence-electron chi connectivity index (χ3n) is 6.60. The third kappa shape index (κ3) is 16.9. The van der Waals surface area contributed by atoms with Crippen molar-refractivity contribution >= 4 is 8.80 Å². The molecule has 0 N–H and O–H groups in total. The van der Waals surface area contributed by atoms with Gasteiger partial charge in [0.1, 0.15) is 0 Å². The van der Waals surface area contributed by atoms with Crippen LogP contribution in [0.15, 0.2) is 30.3 Å². The fraction of sp³-hybridized carbons (Fsp3) is 0.786. The van der Waals surface area contributed by atoms with Gasteiger partial charge in [0.25, 0.3) is 0 Å². The summed E-state index contributed by atoms with van der Waals surface area (Å²) in [5.74, 6) is 0. The van der Waals surface area contributed by atoms with Crippen LogP contribution in [-0.4, -0.2) is 8.80 Å². The van der Waals surface area contributed by atoms with Crippen LogP contribution < -0.4 is 0 Å². The number of unbranched alkanes of at least 4 members (excludes halogenated alkanes) is 13. The quantitative estimate of drug-likeness (QED) is 0.138. The highest BCUT2D eigenvalue weighted by molar-refractivity contribution is 6.58. The Kier molecular flexibility index (Phi) is 18.9. The van der Waals surface area contributed by atoms with Crippen molar-refractivity contribution in [2.45, 2.75) is 141 Å². The Bertz CT molecular complexity index is 411. The van der Waals surface area contributed by atoms with Crippen LogP contribution in [0.1, 0.15) is 122 Å². The van der Waals surface area contributed by atoms with Crippen LogP contribution >= 0.6 is 0 Å². The summed E-state index contributed by atoms with van der Waals surface area (Å²) < 4.78 is 0. The van der Waals surface area contributed by atoms with Gasteiger partial charge in [0.15, 0.2) is 0 Å². The Labute approximate surface area is 185 Å². The first-order valence-corrected chi connectivity index (χ1v) is 15.9. The van der Waals surface area contributed by atoms with Crippen molar-refractivity contribution in [2.75, 3.05) is 0 Å². The molecule has 0 spiro atoms. The molecule has 0 atom stereocenters. The summed E-state index contributed by atoms with van der Waals surface area (Å²) in [6, 6.07) is 16.0. The monoisotopic (exact) mass is 416 g/mol. The minimum absolute atomic E-state index is 0.462. The van der Waals surface area contributed by atoms with Crippen LogP contribution in [0.3, 0.4) is 0 Å². The third-order valence-corrected chi connectivity index (χ3v) is 10.3. The molecule has 0 fully saturated rings. The molecule has 0 aromatic heterocycles. The Morgan fingerprint density at radius 3 is 1.38 bits per heavy atom. The molecule has 0 unspecified atom stereocenters. The van der Waals surface area contributed by atoms with Crippen molar-refractivity contribution in [1.29, 1.82) is 0 Å².